The molecule has 2 amide bonds. The molecule has 0 unspecified atom stereocenters. The highest BCUT2D eigenvalue weighted by molar-refractivity contribution is 5.88. The number of amides is 2. The van der Waals surface area contributed by atoms with Gasteiger partial charge in [0.2, 0.25) is 11.8 Å². The number of nitrogens with zero attached hydrogens (tertiary/aromatic N) is 2. The zero-order chi connectivity index (χ0) is 20.1. The Balaban J connectivity index is 1.30. The second-order valence-electron chi connectivity index (χ2n) is 8.00. The Bertz CT molecular complexity index is 858. The molecule has 2 heterocycles. The summed E-state index contributed by atoms with van der Waals surface area (Å²) in [6, 6.07) is 9.73. The Hall–Kier alpha value is -2.63. The van der Waals surface area contributed by atoms with Crippen molar-refractivity contribution in [3.05, 3.63) is 36.5 Å². The van der Waals surface area contributed by atoms with Crippen LogP contribution < -0.4 is 10.1 Å². The lowest BCUT2D eigenvalue weighted by molar-refractivity contribution is -0.142. The van der Waals surface area contributed by atoms with Crippen LogP contribution in [-0.4, -0.2) is 47.9 Å². The molecule has 6 nitrogen and oxygen atoms in total. The van der Waals surface area contributed by atoms with Crippen molar-refractivity contribution in [2.24, 2.45) is 11.8 Å². The summed E-state index contributed by atoms with van der Waals surface area (Å²) in [6.07, 6.45) is 7.57. The van der Waals surface area contributed by atoms with Gasteiger partial charge in [-0.25, -0.2) is 0 Å². The average Bonchev–Trinajstić information content (AvgIpc) is 3.31. The molecule has 0 spiro atoms. The number of hydrogen-bond donors (Lipinski definition) is 1. The molecule has 6 heteroatoms. The third kappa shape index (κ3) is 4.52. The molecule has 0 bridgehead atoms. The van der Waals surface area contributed by atoms with Crippen LogP contribution >= 0.6 is 0 Å². The summed E-state index contributed by atoms with van der Waals surface area (Å²) >= 11 is 0. The summed E-state index contributed by atoms with van der Waals surface area (Å²) in [5, 5.41) is 4.02. The molecule has 2 aliphatic rings. The first-order chi connectivity index (χ1) is 14.2. The summed E-state index contributed by atoms with van der Waals surface area (Å²) in [5.41, 5.74) is 0.824. The number of benzene rings is 1. The normalized spacial score (nSPS) is 21.9. The predicted molar refractivity (Wildman–Crippen MR) is 112 cm³/mol. The van der Waals surface area contributed by atoms with Gasteiger partial charge in [-0.05, 0) is 37.8 Å². The van der Waals surface area contributed by atoms with E-state index in [0.29, 0.717) is 13.2 Å². The van der Waals surface area contributed by atoms with E-state index < -0.39 is 0 Å². The van der Waals surface area contributed by atoms with Crippen molar-refractivity contribution in [3.8, 4) is 5.75 Å². The third-order valence-electron chi connectivity index (χ3n) is 6.09. The highest BCUT2D eigenvalue weighted by Gasteiger charge is 2.38. The maximum atomic E-state index is 12.9. The van der Waals surface area contributed by atoms with Gasteiger partial charge >= 0.3 is 0 Å². The number of nitrogens with one attached hydrogen (secondary N) is 1. The molecule has 1 aliphatic heterocycles. The zero-order valence-corrected chi connectivity index (χ0v) is 16.8. The Morgan fingerprint density at radius 3 is 2.62 bits per heavy atom. The lowest BCUT2D eigenvalue weighted by Gasteiger charge is -2.32. The number of aromatic nitrogens is 1. The topological polar surface area (TPSA) is 71.5 Å². The minimum atomic E-state index is -0.212. The van der Waals surface area contributed by atoms with E-state index in [1.165, 1.54) is 0 Å². The van der Waals surface area contributed by atoms with Crippen molar-refractivity contribution in [2.75, 3.05) is 26.2 Å². The van der Waals surface area contributed by atoms with Crippen LogP contribution in [0.15, 0.2) is 36.5 Å². The van der Waals surface area contributed by atoms with Crippen LogP contribution in [0.2, 0.25) is 0 Å². The van der Waals surface area contributed by atoms with Crippen LogP contribution in [0, 0.1) is 11.8 Å². The molecule has 4 rings (SSSR count). The van der Waals surface area contributed by atoms with Gasteiger partial charge in [0.1, 0.15) is 17.9 Å². The first kappa shape index (κ1) is 19.7. The number of likely N-dealkylation sites (tertiary alicyclic amines) is 1. The molecule has 2 aromatic rings. The van der Waals surface area contributed by atoms with Gasteiger partial charge < -0.3 is 15.0 Å². The third-order valence-corrected chi connectivity index (χ3v) is 6.09. The van der Waals surface area contributed by atoms with Gasteiger partial charge in [0.25, 0.3) is 0 Å². The van der Waals surface area contributed by atoms with E-state index in [1.54, 1.807) is 6.20 Å². The summed E-state index contributed by atoms with van der Waals surface area (Å²) in [6.45, 7) is 2.48. The van der Waals surface area contributed by atoms with Crippen LogP contribution in [0.3, 0.4) is 0 Å². The van der Waals surface area contributed by atoms with Gasteiger partial charge in [-0.15, -0.1) is 0 Å². The molecule has 154 valence electrons. The fraction of sp³-hybridized carbons (Fsp3) is 0.522. The van der Waals surface area contributed by atoms with Crippen LogP contribution in [0.1, 0.15) is 38.5 Å². The first-order valence-corrected chi connectivity index (χ1v) is 10.8. The van der Waals surface area contributed by atoms with Crippen molar-refractivity contribution < 1.29 is 14.3 Å². The van der Waals surface area contributed by atoms with Crippen LogP contribution in [0.4, 0.5) is 0 Å². The molecule has 1 N–H and O–H groups in total. The number of carbonyl (C=O) groups is 2. The first-order valence-electron chi connectivity index (χ1n) is 10.8. The fourth-order valence-electron chi connectivity index (χ4n) is 4.57. The van der Waals surface area contributed by atoms with E-state index in [4.69, 9.17) is 4.74 Å². The minimum Gasteiger partial charge on any atom is -0.489 e. The molecule has 1 aromatic heterocycles. The SMILES string of the molecule is O=C(NCCOc1cccc2cccnc12)[C@H]1CCCC[C@H]1C(=O)N1CCCC1. The molecule has 2 fully saturated rings. The zero-order valence-electron chi connectivity index (χ0n) is 16.8. The highest BCUT2D eigenvalue weighted by atomic mass is 16.5. The average molecular weight is 396 g/mol. The van der Waals surface area contributed by atoms with Gasteiger partial charge in [0, 0.05) is 36.5 Å². The molecule has 1 saturated carbocycles. The molecule has 0 radical (unpaired) electrons. The Kier molecular flexibility index (Phi) is 6.27. The predicted octanol–water partition coefficient (Wildman–Crippen LogP) is 3.16. The standard InChI is InChI=1S/C23H29N3O3/c27-22(18-9-1-2-10-19(18)23(28)26-14-3-4-15-26)25-13-16-29-20-11-5-7-17-8-6-12-24-21(17)20/h5-8,11-12,18-19H,1-4,9-10,13-16H2,(H,25,27)/t18-,19+/m0/s1. The van der Waals surface area contributed by atoms with Crippen molar-refractivity contribution >= 4 is 22.7 Å². The van der Waals surface area contributed by atoms with Crippen LogP contribution in [0.25, 0.3) is 10.9 Å². The van der Waals surface area contributed by atoms with E-state index in [1.807, 2.05) is 35.2 Å². The summed E-state index contributed by atoms with van der Waals surface area (Å²) < 4.78 is 5.86. The maximum Gasteiger partial charge on any atom is 0.226 e. The second-order valence-corrected chi connectivity index (χ2v) is 8.00. The number of para-hydroxylation sites is 1. The van der Waals surface area contributed by atoms with Gasteiger partial charge in [-0.3, -0.25) is 14.6 Å². The van der Waals surface area contributed by atoms with Gasteiger partial charge in [-0.1, -0.05) is 31.0 Å². The second kappa shape index (κ2) is 9.25. The number of ether oxygens (including phenoxy) is 1. The van der Waals surface area contributed by atoms with Crippen molar-refractivity contribution in [1.82, 2.24) is 15.2 Å². The quantitative estimate of drug-likeness (QED) is 0.763. The molecule has 1 aliphatic carbocycles. The maximum absolute atomic E-state index is 12.9. The Labute approximate surface area is 171 Å². The van der Waals surface area contributed by atoms with E-state index in [-0.39, 0.29) is 23.7 Å². The molecule has 1 saturated heterocycles. The monoisotopic (exact) mass is 395 g/mol. The van der Waals surface area contributed by atoms with Crippen molar-refractivity contribution in [3.63, 3.8) is 0 Å². The highest BCUT2D eigenvalue weighted by Crippen LogP contribution is 2.32. The van der Waals surface area contributed by atoms with E-state index in [2.05, 4.69) is 10.3 Å². The molecular weight excluding hydrogens is 366 g/mol. The molecule has 29 heavy (non-hydrogen) atoms. The largest absolute Gasteiger partial charge is 0.489 e. The van der Waals surface area contributed by atoms with E-state index in [9.17, 15) is 9.59 Å². The van der Waals surface area contributed by atoms with Gasteiger partial charge in [-0.2, -0.15) is 0 Å². The van der Waals surface area contributed by atoms with Crippen LogP contribution in [0.5, 0.6) is 5.75 Å². The van der Waals surface area contributed by atoms with E-state index in [0.717, 1.165) is 68.3 Å². The minimum absolute atomic E-state index is 0.0121. The smallest absolute Gasteiger partial charge is 0.226 e. The van der Waals surface area contributed by atoms with Crippen molar-refractivity contribution in [1.29, 1.82) is 0 Å². The molecule has 2 atom stereocenters. The fourth-order valence-corrected chi connectivity index (χ4v) is 4.57. The van der Waals surface area contributed by atoms with Gasteiger partial charge in [0.05, 0.1) is 6.54 Å². The Morgan fingerprint density at radius 1 is 1.03 bits per heavy atom. The molecule has 1 aromatic carbocycles. The van der Waals surface area contributed by atoms with Gasteiger partial charge in [0.15, 0.2) is 0 Å². The van der Waals surface area contributed by atoms with E-state index >= 15 is 0 Å². The van der Waals surface area contributed by atoms with Crippen LogP contribution in [-0.2, 0) is 9.59 Å². The summed E-state index contributed by atoms with van der Waals surface area (Å²) in [4.78, 5) is 32.0. The number of fused-ring (bicyclic) bond motifs is 1. The van der Waals surface area contributed by atoms with Crippen molar-refractivity contribution in [2.45, 2.75) is 38.5 Å². The number of carbonyl (C=O) groups excluding carboxylic acids is 2. The summed E-state index contributed by atoms with van der Waals surface area (Å²) in [7, 11) is 0. The number of hydrogen-bond acceptors (Lipinski definition) is 4. The number of pyridine rings is 1. The Morgan fingerprint density at radius 2 is 1.79 bits per heavy atom. The number of rotatable bonds is 6. The summed E-state index contributed by atoms with van der Waals surface area (Å²) in [5.74, 6) is 0.514. The lowest BCUT2D eigenvalue weighted by atomic mass is 9.78. The lowest BCUT2D eigenvalue weighted by Crippen LogP contribution is -2.45. The molecular formula is C23H29N3O3.